The lowest BCUT2D eigenvalue weighted by atomic mass is 10.1. The maximum atomic E-state index is 13.4. The van der Waals surface area contributed by atoms with E-state index >= 15 is 0 Å². The monoisotopic (exact) mass is 512 g/mol. The molecule has 2 amide bonds. The minimum atomic E-state index is -3.72. The molecule has 2 aromatic carbocycles. The van der Waals surface area contributed by atoms with E-state index in [-0.39, 0.29) is 17.9 Å². The molecular formula is C23H27F3N4O4S. The summed E-state index contributed by atoms with van der Waals surface area (Å²) < 4.78 is 65.6. The summed E-state index contributed by atoms with van der Waals surface area (Å²) in [5.74, 6) is -2.54. The third-order valence-electron chi connectivity index (χ3n) is 5.51. The second kappa shape index (κ2) is 12.0. The highest BCUT2D eigenvalue weighted by Gasteiger charge is 2.25. The summed E-state index contributed by atoms with van der Waals surface area (Å²) >= 11 is 0. The fourth-order valence-electron chi connectivity index (χ4n) is 3.69. The van der Waals surface area contributed by atoms with Crippen LogP contribution in [0.3, 0.4) is 0 Å². The van der Waals surface area contributed by atoms with Gasteiger partial charge in [0.25, 0.3) is 5.91 Å². The van der Waals surface area contributed by atoms with E-state index < -0.39 is 34.4 Å². The maximum absolute atomic E-state index is 13.4. The number of likely N-dealkylation sites (tertiary alicyclic amines) is 1. The van der Waals surface area contributed by atoms with E-state index in [0.29, 0.717) is 43.7 Å². The number of rotatable bonds is 10. The molecule has 190 valence electrons. The molecule has 1 saturated heterocycles. The molecule has 1 atom stereocenters. The summed E-state index contributed by atoms with van der Waals surface area (Å²) in [6.07, 6.45) is -3.30. The van der Waals surface area contributed by atoms with Crippen LogP contribution in [-0.2, 0) is 21.4 Å². The van der Waals surface area contributed by atoms with Crippen molar-refractivity contribution in [1.29, 1.82) is 0 Å². The lowest BCUT2D eigenvalue weighted by Gasteiger charge is -2.25. The first-order valence-corrected chi connectivity index (χ1v) is 12.7. The quantitative estimate of drug-likeness (QED) is 0.477. The number of hydrogen-bond acceptors (Lipinski definition) is 5. The van der Waals surface area contributed by atoms with Gasteiger partial charge in [-0.3, -0.25) is 24.7 Å². The van der Waals surface area contributed by atoms with Gasteiger partial charge in [0, 0.05) is 18.7 Å². The largest absolute Gasteiger partial charge is 0.317 e. The van der Waals surface area contributed by atoms with Crippen LogP contribution < -0.4 is 15.2 Å². The van der Waals surface area contributed by atoms with Gasteiger partial charge in [0.2, 0.25) is 10.0 Å². The molecule has 0 saturated carbocycles. The summed E-state index contributed by atoms with van der Waals surface area (Å²) in [4.78, 5) is 24.8. The number of carbonyl (C=O) groups is 2. The number of hydrazine groups is 1. The van der Waals surface area contributed by atoms with Gasteiger partial charge in [0.05, 0.1) is 18.0 Å². The zero-order valence-corrected chi connectivity index (χ0v) is 19.7. The molecule has 1 fully saturated rings. The van der Waals surface area contributed by atoms with Gasteiger partial charge < -0.3 is 4.90 Å². The van der Waals surface area contributed by atoms with E-state index in [9.17, 15) is 31.2 Å². The van der Waals surface area contributed by atoms with Gasteiger partial charge in [-0.25, -0.2) is 12.8 Å². The molecule has 0 aliphatic carbocycles. The molecule has 2 aromatic rings. The van der Waals surface area contributed by atoms with Crippen LogP contribution in [0.4, 0.5) is 18.9 Å². The number of nitrogens with zero attached hydrogens (tertiary/aromatic N) is 2. The van der Waals surface area contributed by atoms with Gasteiger partial charge in [-0.05, 0) is 49.2 Å². The Morgan fingerprint density at radius 2 is 1.74 bits per heavy atom. The van der Waals surface area contributed by atoms with Crippen molar-refractivity contribution in [2.75, 3.05) is 29.7 Å². The highest BCUT2D eigenvalue weighted by molar-refractivity contribution is 7.92. The molecule has 1 aliphatic heterocycles. The van der Waals surface area contributed by atoms with Crippen molar-refractivity contribution in [1.82, 2.24) is 15.8 Å². The standard InChI is InChI=1S/C23H27F3N4O4S/c24-19-11-13-29(16-19)12-4-14-35(33,34)30(20-5-2-1-3-6-20)15-17-7-9-18(10-8-17)22(31)27-28-23(32)21(25)26/h1-3,5-10,19,21H,4,11-16H2,(H,27,31)(H,28,32)/t19-/m1/s1. The third-order valence-corrected chi connectivity index (χ3v) is 7.33. The molecule has 0 bridgehead atoms. The van der Waals surface area contributed by atoms with Crippen LogP contribution in [0.5, 0.6) is 0 Å². The van der Waals surface area contributed by atoms with E-state index in [1.54, 1.807) is 47.9 Å². The van der Waals surface area contributed by atoms with Crippen molar-refractivity contribution < 1.29 is 31.2 Å². The van der Waals surface area contributed by atoms with Crippen LogP contribution in [-0.4, -0.2) is 63.1 Å². The molecule has 1 heterocycles. The van der Waals surface area contributed by atoms with Gasteiger partial charge >= 0.3 is 12.3 Å². The number of halogens is 3. The lowest BCUT2D eigenvalue weighted by Crippen LogP contribution is -2.44. The van der Waals surface area contributed by atoms with Gasteiger partial charge in [0.15, 0.2) is 0 Å². The van der Waals surface area contributed by atoms with E-state index in [4.69, 9.17) is 0 Å². The van der Waals surface area contributed by atoms with Crippen LogP contribution >= 0.6 is 0 Å². The fraction of sp³-hybridized carbons (Fsp3) is 0.391. The molecule has 35 heavy (non-hydrogen) atoms. The summed E-state index contributed by atoms with van der Waals surface area (Å²) in [7, 11) is -3.72. The molecule has 0 unspecified atom stereocenters. The fourth-order valence-corrected chi connectivity index (χ4v) is 5.19. The van der Waals surface area contributed by atoms with Crippen molar-refractivity contribution in [3.05, 3.63) is 65.7 Å². The number of carbonyl (C=O) groups excluding carboxylic acids is 2. The van der Waals surface area contributed by atoms with Crippen molar-refractivity contribution in [2.24, 2.45) is 0 Å². The molecule has 3 rings (SSSR count). The van der Waals surface area contributed by atoms with E-state index in [1.807, 2.05) is 10.3 Å². The first-order chi connectivity index (χ1) is 16.7. The SMILES string of the molecule is O=C(NNC(=O)C(F)F)c1ccc(CN(c2ccccc2)S(=O)(=O)CCCN2CC[C@@H](F)C2)cc1. The average molecular weight is 513 g/mol. The highest BCUT2D eigenvalue weighted by atomic mass is 32.2. The second-order valence-electron chi connectivity index (χ2n) is 8.14. The van der Waals surface area contributed by atoms with Gasteiger partial charge in [0.1, 0.15) is 6.17 Å². The average Bonchev–Trinajstić information content (AvgIpc) is 3.26. The molecule has 12 heteroatoms. The lowest BCUT2D eigenvalue weighted by molar-refractivity contribution is -0.132. The Bertz CT molecular complexity index is 1100. The molecule has 1 aliphatic rings. The van der Waals surface area contributed by atoms with Crippen LogP contribution in [0.15, 0.2) is 54.6 Å². The number of sulfonamides is 1. The number of amides is 2. The zero-order valence-electron chi connectivity index (χ0n) is 18.9. The zero-order chi connectivity index (χ0) is 25.4. The Kier molecular flexibility index (Phi) is 9.10. The molecule has 8 nitrogen and oxygen atoms in total. The smallest absolute Gasteiger partial charge is 0.300 e. The Hall–Kier alpha value is -3.12. The molecule has 0 radical (unpaired) electrons. The van der Waals surface area contributed by atoms with Crippen LogP contribution in [0.1, 0.15) is 28.8 Å². The molecular weight excluding hydrogens is 485 g/mol. The van der Waals surface area contributed by atoms with Gasteiger partial charge in [-0.2, -0.15) is 8.78 Å². The predicted octanol–water partition coefficient (Wildman–Crippen LogP) is 2.48. The normalized spacial score (nSPS) is 16.3. The van der Waals surface area contributed by atoms with E-state index in [1.165, 1.54) is 16.4 Å². The van der Waals surface area contributed by atoms with Crippen molar-refractivity contribution in [3.63, 3.8) is 0 Å². The number of benzene rings is 2. The van der Waals surface area contributed by atoms with E-state index in [2.05, 4.69) is 0 Å². The number of alkyl halides is 3. The summed E-state index contributed by atoms with van der Waals surface area (Å²) in [5, 5.41) is 0. The van der Waals surface area contributed by atoms with Crippen LogP contribution in [0.25, 0.3) is 0 Å². The number of hydrogen-bond donors (Lipinski definition) is 2. The Labute approximate surface area is 202 Å². The summed E-state index contributed by atoms with van der Waals surface area (Å²) in [6, 6.07) is 14.5. The summed E-state index contributed by atoms with van der Waals surface area (Å²) in [6.45, 7) is 1.45. The first kappa shape index (κ1) is 26.5. The van der Waals surface area contributed by atoms with Crippen molar-refractivity contribution in [3.8, 4) is 0 Å². The number of nitrogens with one attached hydrogen (secondary N) is 2. The molecule has 2 N–H and O–H groups in total. The minimum absolute atomic E-state index is 0.00658. The van der Waals surface area contributed by atoms with Gasteiger partial charge in [-0.1, -0.05) is 30.3 Å². The van der Waals surface area contributed by atoms with Gasteiger partial charge in [-0.15, -0.1) is 0 Å². The third kappa shape index (κ3) is 7.69. The Morgan fingerprint density at radius 3 is 2.34 bits per heavy atom. The molecule has 0 aromatic heterocycles. The van der Waals surface area contributed by atoms with Crippen LogP contribution in [0.2, 0.25) is 0 Å². The molecule has 0 spiro atoms. The predicted molar refractivity (Wildman–Crippen MR) is 125 cm³/mol. The van der Waals surface area contributed by atoms with Crippen molar-refractivity contribution >= 4 is 27.5 Å². The number of anilines is 1. The first-order valence-electron chi connectivity index (χ1n) is 11.0. The number of para-hydroxylation sites is 1. The maximum Gasteiger partial charge on any atom is 0.317 e. The second-order valence-corrected chi connectivity index (χ2v) is 10.2. The topological polar surface area (TPSA) is 98.8 Å². The summed E-state index contributed by atoms with van der Waals surface area (Å²) in [5.41, 5.74) is 4.66. The Morgan fingerprint density at radius 1 is 1.06 bits per heavy atom. The van der Waals surface area contributed by atoms with E-state index in [0.717, 1.165) is 0 Å². The van der Waals surface area contributed by atoms with Crippen molar-refractivity contribution in [2.45, 2.75) is 32.0 Å². The highest BCUT2D eigenvalue weighted by Crippen LogP contribution is 2.22. The minimum Gasteiger partial charge on any atom is -0.300 e. The van der Waals surface area contributed by atoms with Crippen LogP contribution in [0, 0.1) is 0 Å². The Balaban J connectivity index is 1.67.